The normalized spacial score (nSPS) is 16.3. The highest BCUT2D eigenvalue weighted by atomic mass is 16.5. The van der Waals surface area contributed by atoms with Crippen molar-refractivity contribution < 1.29 is 14.3 Å². The van der Waals surface area contributed by atoms with Crippen molar-refractivity contribution in [2.45, 2.75) is 65.0 Å². The first-order valence-electron chi connectivity index (χ1n) is 8.97. The van der Waals surface area contributed by atoms with Crippen molar-refractivity contribution in [3.63, 3.8) is 0 Å². The summed E-state index contributed by atoms with van der Waals surface area (Å²) in [5, 5.41) is 6.00. The molecule has 0 unspecified atom stereocenters. The molecule has 2 rings (SSSR count). The molecule has 25 heavy (non-hydrogen) atoms. The third-order valence-corrected chi connectivity index (χ3v) is 4.69. The van der Waals surface area contributed by atoms with Gasteiger partial charge in [0.15, 0.2) is 0 Å². The molecule has 0 atom stereocenters. The lowest BCUT2D eigenvalue weighted by atomic mass is 9.81. The van der Waals surface area contributed by atoms with Gasteiger partial charge in [-0.1, -0.05) is 31.0 Å². The molecule has 138 valence electrons. The van der Waals surface area contributed by atoms with Crippen LogP contribution in [0.3, 0.4) is 0 Å². The molecule has 1 aliphatic rings. The number of amides is 2. The first-order valence-corrected chi connectivity index (χ1v) is 8.97. The number of methoxy groups -OCH3 is 1. The van der Waals surface area contributed by atoms with E-state index in [1.807, 2.05) is 45.0 Å². The standard InChI is InChI=1S/C20H30N2O3/c1-19(2,3)22-17(23)13-20(11-7-8-12-20)18(24)21-14-15-9-5-6-10-16(15)25-4/h5-6,9-10H,7-8,11-14H2,1-4H3,(H,21,24)(H,22,23). The van der Waals surface area contributed by atoms with Crippen LogP contribution in [0.2, 0.25) is 0 Å². The number of hydrogen-bond acceptors (Lipinski definition) is 3. The quantitative estimate of drug-likeness (QED) is 0.831. The molecule has 0 aliphatic heterocycles. The maximum Gasteiger partial charge on any atom is 0.227 e. The van der Waals surface area contributed by atoms with E-state index < -0.39 is 5.41 Å². The van der Waals surface area contributed by atoms with E-state index in [2.05, 4.69) is 10.6 Å². The summed E-state index contributed by atoms with van der Waals surface area (Å²) >= 11 is 0. The average molecular weight is 346 g/mol. The number of benzene rings is 1. The average Bonchev–Trinajstić information content (AvgIpc) is 3.00. The van der Waals surface area contributed by atoms with E-state index in [4.69, 9.17) is 4.74 Å². The van der Waals surface area contributed by atoms with Crippen LogP contribution in [0.1, 0.15) is 58.4 Å². The van der Waals surface area contributed by atoms with Gasteiger partial charge >= 0.3 is 0 Å². The van der Waals surface area contributed by atoms with E-state index in [-0.39, 0.29) is 23.8 Å². The Labute approximate surface area is 150 Å². The summed E-state index contributed by atoms with van der Waals surface area (Å²) in [5.74, 6) is 0.676. The lowest BCUT2D eigenvalue weighted by Gasteiger charge is -2.29. The van der Waals surface area contributed by atoms with Gasteiger partial charge in [0.05, 0.1) is 12.5 Å². The van der Waals surface area contributed by atoms with Crippen molar-refractivity contribution in [2.24, 2.45) is 5.41 Å². The predicted molar refractivity (Wildman–Crippen MR) is 98.3 cm³/mol. The zero-order valence-electron chi connectivity index (χ0n) is 15.8. The SMILES string of the molecule is COc1ccccc1CNC(=O)C1(CC(=O)NC(C)(C)C)CCCC1. The molecule has 0 saturated heterocycles. The van der Waals surface area contributed by atoms with Crippen molar-refractivity contribution in [3.8, 4) is 5.75 Å². The van der Waals surface area contributed by atoms with Gasteiger partial charge in [0.1, 0.15) is 5.75 Å². The van der Waals surface area contributed by atoms with E-state index >= 15 is 0 Å². The molecule has 0 spiro atoms. The van der Waals surface area contributed by atoms with E-state index in [1.54, 1.807) is 7.11 Å². The van der Waals surface area contributed by atoms with Crippen molar-refractivity contribution in [1.82, 2.24) is 10.6 Å². The summed E-state index contributed by atoms with van der Waals surface area (Å²) in [6, 6.07) is 7.64. The number of ether oxygens (including phenoxy) is 1. The Morgan fingerprint density at radius 3 is 2.40 bits per heavy atom. The number of carbonyl (C=O) groups excluding carboxylic acids is 2. The van der Waals surface area contributed by atoms with Gasteiger partial charge in [-0.25, -0.2) is 0 Å². The Morgan fingerprint density at radius 2 is 1.80 bits per heavy atom. The van der Waals surface area contributed by atoms with Crippen LogP contribution in [0.4, 0.5) is 0 Å². The van der Waals surface area contributed by atoms with Crippen molar-refractivity contribution >= 4 is 11.8 Å². The summed E-state index contributed by atoms with van der Waals surface area (Å²) in [7, 11) is 1.62. The van der Waals surface area contributed by atoms with E-state index in [0.717, 1.165) is 37.0 Å². The number of rotatable bonds is 6. The fraction of sp³-hybridized carbons (Fsp3) is 0.600. The van der Waals surface area contributed by atoms with Crippen molar-refractivity contribution in [1.29, 1.82) is 0 Å². The second kappa shape index (κ2) is 7.89. The summed E-state index contributed by atoms with van der Waals surface area (Å²) in [4.78, 5) is 25.3. The van der Waals surface area contributed by atoms with Crippen LogP contribution in [-0.4, -0.2) is 24.5 Å². The second-order valence-corrected chi connectivity index (χ2v) is 7.96. The third-order valence-electron chi connectivity index (χ3n) is 4.69. The predicted octanol–water partition coefficient (Wildman–Crippen LogP) is 3.18. The molecular weight excluding hydrogens is 316 g/mol. The van der Waals surface area contributed by atoms with Gasteiger partial charge in [-0.05, 0) is 39.7 Å². The lowest BCUT2D eigenvalue weighted by Crippen LogP contribution is -2.46. The Bertz CT molecular complexity index is 614. The van der Waals surface area contributed by atoms with Gasteiger partial charge in [0.25, 0.3) is 0 Å². The van der Waals surface area contributed by atoms with E-state index in [0.29, 0.717) is 6.54 Å². The minimum absolute atomic E-state index is 0.0278. The molecular formula is C20H30N2O3. The van der Waals surface area contributed by atoms with Gasteiger partial charge in [-0.2, -0.15) is 0 Å². The molecule has 5 heteroatoms. The largest absolute Gasteiger partial charge is 0.496 e. The van der Waals surface area contributed by atoms with Crippen LogP contribution in [0.5, 0.6) is 5.75 Å². The minimum atomic E-state index is -0.586. The molecule has 0 aromatic heterocycles. The molecule has 2 N–H and O–H groups in total. The molecule has 2 amide bonds. The van der Waals surface area contributed by atoms with Gasteiger partial charge in [-0.15, -0.1) is 0 Å². The highest BCUT2D eigenvalue weighted by Gasteiger charge is 2.43. The summed E-state index contributed by atoms with van der Waals surface area (Å²) in [5.41, 5.74) is 0.0629. The van der Waals surface area contributed by atoms with Crippen LogP contribution in [0.25, 0.3) is 0 Å². The summed E-state index contributed by atoms with van der Waals surface area (Å²) in [6.45, 7) is 6.27. The zero-order valence-corrected chi connectivity index (χ0v) is 15.8. The van der Waals surface area contributed by atoms with Crippen molar-refractivity contribution in [2.75, 3.05) is 7.11 Å². The van der Waals surface area contributed by atoms with Gasteiger partial charge < -0.3 is 15.4 Å². The maximum atomic E-state index is 12.9. The first kappa shape index (κ1) is 19.3. The molecule has 1 aromatic carbocycles. The molecule has 0 bridgehead atoms. The highest BCUT2D eigenvalue weighted by molar-refractivity contribution is 5.89. The van der Waals surface area contributed by atoms with Crippen LogP contribution in [0, 0.1) is 5.41 Å². The monoisotopic (exact) mass is 346 g/mol. The van der Waals surface area contributed by atoms with Crippen molar-refractivity contribution in [3.05, 3.63) is 29.8 Å². The van der Waals surface area contributed by atoms with Crippen LogP contribution < -0.4 is 15.4 Å². The number of carbonyl (C=O) groups is 2. The van der Waals surface area contributed by atoms with Gasteiger partial charge in [0.2, 0.25) is 11.8 Å². The lowest BCUT2D eigenvalue weighted by molar-refractivity contribution is -0.137. The van der Waals surface area contributed by atoms with Gasteiger partial charge in [-0.3, -0.25) is 9.59 Å². The summed E-state index contributed by atoms with van der Waals surface area (Å²) in [6.07, 6.45) is 3.77. The molecule has 0 radical (unpaired) electrons. The minimum Gasteiger partial charge on any atom is -0.496 e. The molecule has 1 aliphatic carbocycles. The highest BCUT2D eigenvalue weighted by Crippen LogP contribution is 2.41. The smallest absolute Gasteiger partial charge is 0.227 e. The Morgan fingerprint density at radius 1 is 1.16 bits per heavy atom. The fourth-order valence-electron chi connectivity index (χ4n) is 3.52. The number of para-hydroxylation sites is 1. The third kappa shape index (κ3) is 5.21. The summed E-state index contributed by atoms with van der Waals surface area (Å²) < 4.78 is 5.33. The topological polar surface area (TPSA) is 67.4 Å². The Hall–Kier alpha value is -2.04. The molecule has 1 fully saturated rings. The van der Waals surface area contributed by atoms with Crippen LogP contribution in [0.15, 0.2) is 24.3 Å². The molecule has 1 saturated carbocycles. The van der Waals surface area contributed by atoms with E-state index in [1.165, 1.54) is 0 Å². The molecule has 1 aromatic rings. The first-order chi connectivity index (χ1) is 11.8. The molecule has 0 heterocycles. The second-order valence-electron chi connectivity index (χ2n) is 7.96. The Balaban J connectivity index is 2.04. The Kier molecular flexibility index (Phi) is 6.09. The fourth-order valence-corrected chi connectivity index (χ4v) is 3.52. The number of nitrogens with one attached hydrogen (secondary N) is 2. The number of hydrogen-bond donors (Lipinski definition) is 2. The van der Waals surface area contributed by atoms with Crippen LogP contribution >= 0.6 is 0 Å². The van der Waals surface area contributed by atoms with E-state index in [9.17, 15) is 9.59 Å². The molecule has 5 nitrogen and oxygen atoms in total. The maximum absolute atomic E-state index is 12.9. The zero-order chi connectivity index (χ0) is 18.5. The van der Waals surface area contributed by atoms with Crippen LogP contribution in [-0.2, 0) is 16.1 Å². The van der Waals surface area contributed by atoms with Gasteiger partial charge in [0, 0.05) is 24.1 Å².